The molecule has 6 heteroatoms. The van der Waals surface area contributed by atoms with Gasteiger partial charge in [-0.05, 0) is 24.0 Å². The molecule has 1 saturated heterocycles. The number of aromatic nitrogens is 2. The summed E-state index contributed by atoms with van der Waals surface area (Å²) in [6.07, 6.45) is 5.29. The van der Waals surface area contributed by atoms with E-state index in [0.717, 1.165) is 37.1 Å². The normalized spacial score (nSPS) is 14.0. The molecule has 0 spiro atoms. The Morgan fingerprint density at radius 3 is 2.52 bits per heavy atom. The van der Waals surface area contributed by atoms with Crippen molar-refractivity contribution in [3.63, 3.8) is 0 Å². The third kappa shape index (κ3) is 3.84. The summed E-state index contributed by atoms with van der Waals surface area (Å²) < 4.78 is 0. The Balaban J connectivity index is 1.63. The van der Waals surface area contributed by atoms with E-state index in [0.29, 0.717) is 24.6 Å². The summed E-state index contributed by atoms with van der Waals surface area (Å²) in [5, 5.41) is 3.21. The fourth-order valence-corrected chi connectivity index (χ4v) is 2.62. The average molecular weight is 311 g/mol. The van der Waals surface area contributed by atoms with Gasteiger partial charge >= 0.3 is 0 Å². The van der Waals surface area contributed by atoms with Gasteiger partial charge in [0.2, 0.25) is 0 Å². The van der Waals surface area contributed by atoms with Gasteiger partial charge in [0, 0.05) is 26.2 Å². The van der Waals surface area contributed by atoms with Crippen LogP contribution < -0.4 is 11.1 Å². The lowest BCUT2D eigenvalue weighted by Gasteiger charge is -2.14. The van der Waals surface area contributed by atoms with E-state index >= 15 is 0 Å². The fraction of sp³-hybridized carbons (Fsp3) is 0.353. The molecule has 6 nitrogen and oxygen atoms in total. The van der Waals surface area contributed by atoms with E-state index in [2.05, 4.69) is 15.3 Å². The smallest absolute Gasteiger partial charge is 0.274 e. The minimum Gasteiger partial charge on any atom is -0.365 e. The van der Waals surface area contributed by atoms with Crippen molar-refractivity contribution in [3.05, 3.63) is 53.5 Å². The lowest BCUT2D eigenvalue weighted by Crippen LogP contribution is -2.28. The van der Waals surface area contributed by atoms with Gasteiger partial charge in [-0.1, -0.05) is 24.3 Å². The van der Waals surface area contributed by atoms with Crippen LogP contribution in [0.4, 0.5) is 5.82 Å². The highest BCUT2D eigenvalue weighted by molar-refractivity contribution is 5.92. The van der Waals surface area contributed by atoms with E-state index in [1.165, 1.54) is 6.20 Å². The van der Waals surface area contributed by atoms with Gasteiger partial charge < -0.3 is 16.0 Å². The van der Waals surface area contributed by atoms with Crippen molar-refractivity contribution in [1.82, 2.24) is 14.9 Å². The summed E-state index contributed by atoms with van der Waals surface area (Å²) in [6, 6.07) is 8.08. The van der Waals surface area contributed by atoms with Crippen molar-refractivity contribution < 1.29 is 4.79 Å². The van der Waals surface area contributed by atoms with Crippen LogP contribution in [0.5, 0.6) is 0 Å². The Hall–Kier alpha value is -2.47. The predicted molar refractivity (Wildman–Crippen MR) is 88.8 cm³/mol. The van der Waals surface area contributed by atoms with Crippen LogP contribution in [0, 0.1) is 0 Å². The van der Waals surface area contributed by atoms with E-state index in [9.17, 15) is 4.79 Å². The number of carbonyl (C=O) groups excluding carboxylic acids is 1. The largest absolute Gasteiger partial charge is 0.365 e. The fourth-order valence-electron chi connectivity index (χ4n) is 2.62. The summed E-state index contributed by atoms with van der Waals surface area (Å²) in [6.45, 7) is 2.79. The second-order valence-electron chi connectivity index (χ2n) is 5.66. The lowest BCUT2D eigenvalue weighted by atomic mass is 10.1. The van der Waals surface area contributed by atoms with Crippen LogP contribution in [-0.2, 0) is 13.1 Å². The number of carbonyl (C=O) groups is 1. The summed E-state index contributed by atoms with van der Waals surface area (Å²) in [7, 11) is 0. The molecule has 0 bridgehead atoms. The molecule has 1 aromatic carbocycles. The molecular formula is C17H21N5O. The summed E-state index contributed by atoms with van der Waals surface area (Å²) >= 11 is 0. The Bertz CT molecular complexity index is 665. The molecule has 1 aromatic heterocycles. The number of anilines is 1. The standard InChI is InChI=1S/C17H21N5O/c18-9-13-3-5-14(6-4-13)10-20-16-12-19-11-15(21-16)17(23)22-7-1-2-8-22/h3-6,11-12H,1-2,7-10,18H2,(H,20,21). The molecule has 0 unspecified atom stereocenters. The number of nitrogens with zero attached hydrogens (tertiary/aromatic N) is 3. The van der Waals surface area contributed by atoms with Gasteiger partial charge in [0.05, 0.1) is 12.4 Å². The van der Waals surface area contributed by atoms with E-state index < -0.39 is 0 Å². The maximum absolute atomic E-state index is 12.3. The molecule has 2 heterocycles. The first-order valence-electron chi connectivity index (χ1n) is 7.89. The molecule has 120 valence electrons. The van der Waals surface area contributed by atoms with Crippen molar-refractivity contribution in [2.24, 2.45) is 5.73 Å². The molecule has 0 radical (unpaired) electrons. The molecule has 1 aliphatic heterocycles. The maximum Gasteiger partial charge on any atom is 0.274 e. The molecule has 3 rings (SSSR count). The Labute approximate surface area is 135 Å². The van der Waals surface area contributed by atoms with E-state index in [1.807, 2.05) is 29.2 Å². The molecular weight excluding hydrogens is 290 g/mol. The molecule has 1 amide bonds. The van der Waals surface area contributed by atoms with Crippen molar-refractivity contribution in [3.8, 4) is 0 Å². The van der Waals surface area contributed by atoms with Gasteiger partial charge in [-0.2, -0.15) is 0 Å². The van der Waals surface area contributed by atoms with Gasteiger partial charge in [0.25, 0.3) is 5.91 Å². The second-order valence-corrected chi connectivity index (χ2v) is 5.66. The Morgan fingerprint density at radius 2 is 1.83 bits per heavy atom. The lowest BCUT2D eigenvalue weighted by molar-refractivity contribution is 0.0786. The van der Waals surface area contributed by atoms with Gasteiger partial charge in [0.15, 0.2) is 0 Å². The average Bonchev–Trinajstić information content (AvgIpc) is 3.14. The molecule has 0 atom stereocenters. The van der Waals surface area contributed by atoms with Crippen molar-refractivity contribution >= 4 is 11.7 Å². The monoisotopic (exact) mass is 311 g/mol. The van der Waals surface area contributed by atoms with Crippen LogP contribution in [-0.4, -0.2) is 33.9 Å². The summed E-state index contributed by atoms with van der Waals surface area (Å²) in [4.78, 5) is 22.7. The number of hydrogen-bond acceptors (Lipinski definition) is 5. The first-order chi connectivity index (χ1) is 11.3. The zero-order chi connectivity index (χ0) is 16.1. The number of nitrogens with two attached hydrogens (primary N) is 1. The van der Waals surface area contributed by atoms with Crippen LogP contribution in [0.2, 0.25) is 0 Å². The van der Waals surface area contributed by atoms with Gasteiger partial charge in [-0.25, -0.2) is 4.98 Å². The first kappa shape index (κ1) is 15.4. The summed E-state index contributed by atoms with van der Waals surface area (Å²) in [5.74, 6) is 0.573. The highest BCUT2D eigenvalue weighted by atomic mass is 16.2. The molecule has 23 heavy (non-hydrogen) atoms. The molecule has 2 aromatic rings. The molecule has 0 saturated carbocycles. The van der Waals surface area contributed by atoms with Gasteiger partial charge in [0.1, 0.15) is 11.5 Å². The Morgan fingerprint density at radius 1 is 1.13 bits per heavy atom. The van der Waals surface area contributed by atoms with Crippen molar-refractivity contribution in [2.45, 2.75) is 25.9 Å². The van der Waals surface area contributed by atoms with E-state index in [-0.39, 0.29) is 5.91 Å². The number of hydrogen-bond donors (Lipinski definition) is 2. The third-order valence-corrected chi connectivity index (χ3v) is 3.98. The topological polar surface area (TPSA) is 84.1 Å². The third-order valence-electron chi connectivity index (χ3n) is 3.98. The minimum absolute atomic E-state index is 0.0362. The Kier molecular flexibility index (Phi) is 4.83. The first-order valence-corrected chi connectivity index (χ1v) is 7.89. The summed E-state index contributed by atoms with van der Waals surface area (Å²) in [5.41, 5.74) is 8.22. The van der Waals surface area contributed by atoms with Crippen LogP contribution in [0.15, 0.2) is 36.7 Å². The number of rotatable bonds is 5. The highest BCUT2D eigenvalue weighted by Gasteiger charge is 2.20. The minimum atomic E-state index is -0.0362. The quantitative estimate of drug-likeness (QED) is 0.879. The van der Waals surface area contributed by atoms with Crippen LogP contribution in [0.25, 0.3) is 0 Å². The van der Waals surface area contributed by atoms with E-state index in [1.54, 1.807) is 6.20 Å². The number of likely N-dealkylation sites (tertiary alicyclic amines) is 1. The van der Waals surface area contributed by atoms with Gasteiger partial charge in [-0.15, -0.1) is 0 Å². The van der Waals surface area contributed by atoms with Crippen LogP contribution in [0.3, 0.4) is 0 Å². The van der Waals surface area contributed by atoms with Crippen molar-refractivity contribution in [2.75, 3.05) is 18.4 Å². The highest BCUT2D eigenvalue weighted by Crippen LogP contribution is 2.13. The van der Waals surface area contributed by atoms with E-state index in [4.69, 9.17) is 5.73 Å². The SMILES string of the molecule is NCc1ccc(CNc2cncc(C(=O)N3CCCC3)n2)cc1. The molecule has 1 fully saturated rings. The number of benzene rings is 1. The second kappa shape index (κ2) is 7.19. The molecule has 1 aliphatic rings. The zero-order valence-electron chi connectivity index (χ0n) is 13.0. The zero-order valence-corrected chi connectivity index (χ0v) is 13.0. The maximum atomic E-state index is 12.3. The van der Waals surface area contributed by atoms with Crippen LogP contribution >= 0.6 is 0 Å². The van der Waals surface area contributed by atoms with Gasteiger partial charge in [-0.3, -0.25) is 9.78 Å². The van der Waals surface area contributed by atoms with Crippen LogP contribution in [0.1, 0.15) is 34.5 Å². The number of amides is 1. The molecule has 3 N–H and O–H groups in total. The molecule has 0 aliphatic carbocycles. The van der Waals surface area contributed by atoms with Crippen molar-refractivity contribution in [1.29, 1.82) is 0 Å². The number of nitrogens with one attached hydrogen (secondary N) is 1. The predicted octanol–water partition coefficient (Wildman–Crippen LogP) is 1.78.